The Labute approximate surface area is 144 Å². The standard InChI is InChI=1S/C20H18O5/c1-20(23-2)11-15(12-6-4-3-5-7-12)17-18(25-20)14-9-8-13(21)10-16(14)24-19(17)22/h3-10,15,21H,11H2,1-2H3/t15-,20-/m0/s1. The Kier molecular flexibility index (Phi) is 3.54. The molecule has 0 saturated heterocycles. The summed E-state index contributed by atoms with van der Waals surface area (Å²) in [6.07, 6.45) is 0.495. The largest absolute Gasteiger partial charge is 0.508 e. The molecule has 1 aliphatic heterocycles. The van der Waals surface area contributed by atoms with E-state index in [9.17, 15) is 9.90 Å². The van der Waals surface area contributed by atoms with Crippen LogP contribution in [0, 0.1) is 0 Å². The lowest BCUT2D eigenvalue weighted by Crippen LogP contribution is -2.41. The van der Waals surface area contributed by atoms with Gasteiger partial charge in [0.05, 0.1) is 10.9 Å². The van der Waals surface area contributed by atoms with Crippen LogP contribution in [0.25, 0.3) is 11.0 Å². The van der Waals surface area contributed by atoms with Crippen LogP contribution in [0.15, 0.2) is 57.7 Å². The van der Waals surface area contributed by atoms with Gasteiger partial charge in [-0.1, -0.05) is 30.3 Å². The number of hydrogen-bond acceptors (Lipinski definition) is 5. The van der Waals surface area contributed by atoms with Crippen LogP contribution in [-0.4, -0.2) is 18.0 Å². The lowest BCUT2D eigenvalue weighted by atomic mass is 9.83. The van der Waals surface area contributed by atoms with E-state index in [1.807, 2.05) is 37.3 Å². The third-order valence-corrected chi connectivity index (χ3v) is 4.75. The predicted octanol–water partition coefficient (Wildman–Crippen LogP) is 3.78. The zero-order chi connectivity index (χ0) is 17.6. The van der Waals surface area contributed by atoms with Crippen LogP contribution >= 0.6 is 0 Å². The molecule has 0 unspecified atom stereocenters. The SMILES string of the molecule is CO[C@]1(C)C[C@@H](c2ccccc2)c2c(c3ccc(O)cc3oc2=O)O1. The van der Waals surface area contributed by atoms with E-state index in [0.717, 1.165) is 5.56 Å². The van der Waals surface area contributed by atoms with Crippen molar-refractivity contribution in [2.75, 3.05) is 7.11 Å². The van der Waals surface area contributed by atoms with Crippen molar-refractivity contribution in [3.63, 3.8) is 0 Å². The summed E-state index contributed by atoms with van der Waals surface area (Å²) >= 11 is 0. The van der Waals surface area contributed by atoms with Gasteiger partial charge in [0.15, 0.2) is 0 Å². The van der Waals surface area contributed by atoms with Crippen LogP contribution in [-0.2, 0) is 4.74 Å². The van der Waals surface area contributed by atoms with Gasteiger partial charge in [0.25, 0.3) is 0 Å². The number of methoxy groups -OCH3 is 1. The number of hydrogen-bond donors (Lipinski definition) is 1. The lowest BCUT2D eigenvalue weighted by molar-refractivity contribution is -0.163. The van der Waals surface area contributed by atoms with Crippen LogP contribution in [0.3, 0.4) is 0 Å². The van der Waals surface area contributed by atoms with Gasteiger partial charge < -0.3 is 19.0 Å². The monoisotopic (exact) mass is 338 g/mol. The van der Waals surface area contributed by atoms with Crippen molar-refractivity contribution in [1.29, 1.82) is 0 Å². The zero-order valence-electron chi connectivity index (χ0n) is 14.0. The third kappa shape index (κ3) is 2.57. The molecule has 3 aromatic rings. The van der Waals surface area contributed by atoms with Crippen molar-refractivity contribution >= 4 is 11.0 Å². The molecule has 0 spiro atoms. The fraction of sp³-hybridized carbons (Fsp3) is 0.250. The predicted molar refractivity (Wildman–Crippen MR) is 93.1 cm³/mol. The molecule has 5 heteroatoms. The number of ether oxygens (including phenoxy) is 2. The number of aromatic hydroxyl groups is 1. The van der Waals surface area contributed by atoms with E-state index in [1.54, 1.807) is 19.2 Å². The first-order chi connectivity index (χ1) is 12.0. The van der Waals surface area contributed by atoms with Gasteiger partial charge in [-0.25, -0.2) is 4.79 Å². The normalized spacial score (nSPS) is 22.4. The van der Waals surface area contributed by atoms with E-state index >= 15 is 0 Å². The summed E-state index contributed by atoms with van der Waals surface area (Å²) in [5.41, 5.74) is 1.32. The highest BCUT2D eigenvalue weighted by Gasteiger charge is 2.41. The Morgan fingerprint density at radius 3 is 2.68 bits per heavy atom. The average molecular weight is 338 g/mol. The van der Waals surface area contributed by atoms with Gasteiger partial charge in [0.1, 0.15) is 17.1 Å². The molecule has 1 aromatic heterocycles. The van der Waals surface area contributed by atoms with Gasteiger partial charge in [0, 0.05) is 32.4 Å². The molecule has 1 aliphatic rings. The van der Waals surface area contributed by atoms with E-state index in [1.165, 1.54) is 6.07 Å². The van der Waals surface area contributed by atoms with Crippen LogP contribution in [0.4, 0.5) is 0 Å². The van der Waals surface area contributed by atoms with E-state index in [-0.39, 0.29) is 17.3 Å². The van der Waals surface area contributed by atoms with Gasteiger partial charge in [-0.05, 0) is 17.7 Å². The van der Waals surface area contributed by atoms with Crippen LogP contribution < -0.4 is 10.4 Å². The fourth-order valence-corrected chi connectivity index (χ4v) is 3.41. The van der Waals surface area contributed by atoms with Crippen molar-refractivity contribution in [2.24, 2.45) is 0 Å². The van der Waals surface area contributed by atoms with E-state index in [2.05, 4.69) is 0 Å². The van der Waals surface area contributed by atoms with Gasteiger partial charge in [-0.3, -0.25) is 0 Å². The third-order valence-electron chi connectivity index (χ3n) is 4.75. The minimum Gasteiger partial charge on any atom is -0.508 e. The number of rotatable bonds is 2. The minimum atomic E-state index is -0.869. The molecule has 0 aliphatic carbocycles. The quantitative estimate of drug-likeness (QED) is 0.720. The summed E-state index contributed by atoms with van der Waals surface area (Å²) < 4.78 is 17.1. The maximum absolute atomic E-state index is 12.7. The molecule has 5 nitrogen and oxygen atoms in total. The van der Waals surface area contributed by atoms with E-state index in [4.69, 9.17) is 13.9 Å². The molecular formula is C20H18O5. The minimum absolute atomic E-state index is 0.0283. The van der Waals surface area contributed by atoms with Crippen molar-refractivity contribution in [3.05, 3.63) is 70.1 Å². The first-order valence-electron chi connectivity index (χ1n) is 8.09. The zero-order valence-corrected chi connectivity index (χ0v) is 14.0. The first kappa shape index (κ1) is 15.7. The smallest absolute Gasteiger partial charge is 0.343 e. The average Bonchev–Trinajstić information content (AvgIpc) is 2.61. The second-order valence-electron chi connectivity index (χ2n) is 6.42. The number of fused-ring (bicyclic) bond motifs is 3. The molecule has 2 atom stereocenters. The molecule has 1 N–H and O–H groups in total. The molecular weight excluding hydrogens is 320 g/mol. The molecule has 0 radical (unpaired) electrons. The molecule has 0 saturated carbocycles. The molecule has 0 amide bonds. The Hall–Kier alpha value is -2.79. The molecule has 2 aromatic carbocycles. The van der Waals surface area contributed by atoms with Gasteiger partial charge >= 0.3 is 5.63 Å². The lowest BCUT2D eigenvalue weighted by Gasteiger charge is -2.38. The molecule has 4 rings (SSSR count). The number of phenolic OH excluding ortho intramolecular Hbond substituents is 1. The Morgan fingerprint density at radius 1 is 1.20 bits per heavy atom. The van der Waals surface area contributed by atoms with Crippen molar-refractivity contribution in [2.45, 2.75) is 25.0 Å². The fourth-order valence-electron chi connectivity index (χ4n) is 3.41. The maximum Gasteiger partial charge on any atom is 0.343 e. The van der Waals surface area contributed by atoms with Crippen LogP contribution in [0.1, 0.15) is 30.4 Å². The summed E-state index contributed by atoms with van der Waals surface area (Å²) in [6, 6.07) is 14.4. The van der Waals surface area contributed by atoms with Gasteiger partial charge in [-0.2, -0.15) is 0 Å². The second kappa shape index (κ2) is 5.63. The van der Waals surface area contributed by atoms with E-state index in [0.29, 0.717) is 23.1 Å². The first-order valence-corrected chi connectivity index (χ1v) is 8.09. The van der Waals surface area contributed by atoms with Gasteiger partial charge in [-0.15, -0.1) is 0 Å². The second-order valence-corrected chi connectivity index (χ2v) is 6.42. The molecule has 128 valence electrons. The summed E-state index contributed by atoms with van der Waals surface area (Å²) in [7, 11) is 1.59. The summed E-state index contributed by atoms with van der Waals surface area (Å²) in [5, 5.41) is 10.3. The van der Waals surface area contributed by atoms with Crippen molar-refractivity contribution < 1.29 is 19.0 Å². The van der Waals surface area contributed by atoms with Gasteiger partial charge in [0.2, 0.25) is 5.79 Å². The number of benzene rings is 2. The Bertz CT molecular complexity index is 992. The molecule has 0 fully saturated rings. The molecule has 25 heavy (non-hydrogen) atoms. The summed E-state index contributed by atoms with van der Waals surface area (Å²) in [6.45, 7) is 1.85. The Balaban J connectivity index is 2.03. The molecule has 2 heterocycles. The number of phenols is 1. The topological polar surface area (TPSA) is 68.9 Å². The summed E-state index contributed by atoms with van der Waals surface area (Å²) in [4.78, 5) is 12.7. The summed E-state index contributed by atoms with van der Waals surface area (Å²) in [5.74, 6) is -0.591. The highest BCUT2D eigenvalue weighted by Crippen LogP contribution is 2.46. The highest BCUT2D eigenvalue weighted by atomic mass is 16.7. The van der Waals surface area contributed by atoms with E-state index < -0.39 is 11.4 Å². The van der Waals surface area contributed by atoms with Crippen molar-refractivity contribution in [1.82, 2.24) is 0 Å². The van der Waals surface area contributed by atoms with Crippen molar-refractivity contribution in [3.8, 4) is 11.5 Å². The maximum atomic E-state index is 12.7. The molecule has 0 bridgehead atoms. The Morgan fingerprint density at radius 2 is 1.96 bits per heavy atom. The highest BCUT2D eigenvalue weighted by molar-refractivity contribution is 5.86. The van der Waals surface area contributed by atoms with Crippen LogP contribution in [0.2, 0.25) is 0 Å². The van der Waals surface area contributed by atoms with Crippen LogP contribution in [0.5, 0.6) is 11.5 Å².